The highest BCUT2D eigenvalue weighted by Gasteiger charge is 2.11. The largest absolute Gasteiger partial charge is 0.475 e. The molecule has 1 aromatic heterocycles. The van der Waals surface area contributed by atoms with Gasteiger partial charge in [0, 0.05) is 31.4 Å². The average molecular weight is 434 g/mol. The van der Waals surface area contributed by atoms with Crippen molar-refractivity contribution < 1.29 is 22.4 Å². The number of fused-ring (bicyclic) bond motifs is 1. The van der Waals surface area contributed by atoms with E-state index in [2.05, 4.69) is 59.4 Å². The summed E-state index contributed by atoms with van der Waals surface area (Å²) in [6, 6.07) is 16.7. The molecule has 0 radical (unpaired) electrons. The highest BCUT2D eigenvalue weighted by atomic mass is 32.2. The van der Waals surface area contributed by atoms with Crippen molar-refractivity contribution in [1.29, 1.82) is 0 Å². The van der Waals surface area contributed by atoms with Crippen LogP contribution in [0, 0.1) is 6.92 Å². The average Bonchev–Trinajstić information content (AvgIpc) is 3.07. The van der Waals surface area contributed by atoms with Crippen molar-refractivity contribution in [3.05, 3.63) is 54.2 Å². The van der Waals surface area contributed by atoms with Crippen molar-refractivity contribution >= 4 is 20.9 Å². The molecule has 1 N–H and O–H groups in total. The summed E-state index contributed by atoms with van der Waals surface area (Å²) in [5.41, 5.74) is 2.12. The normalized spacial score (nSPS) is 14.9. The Kier molecular flexibility index (Phi) is 7.43. The highest BCUT2D eigenvalue weighted by Crippen LogP contribution is 2.21. The van der Waals surface area contributed by atoms with E-state index >= 15 is 0 Å². The van der Waals surface area contributed by atoms with Crippen molar-refractivity contribution in [2.75, 3.05) is 45.7 Å². The summed E-state index contributed by atoms with van der Waals surface area (Å²) in [5.74, 6) is 0.680. The number of hydrogen-bond donors (Lipinski definition) is 1. The third kappa shape index (κ3) is 6.81. The van der Waals surface area contributed by atoms with Gasteiger partial charge < -0.3 is 9.47 Å². The van der Waals surface area contributed by atoms with Gasteiger partial charge in [0.25, 0.3) is 10.1 Å². The van der Waals surface area contributed by atoms with Gasteiger partial charge >= 0.3 is 0 Å². The van der Waals surface area contributed by atoms with Crippen LogP contribution in [0.25, 0.3) is 16.5 Å². The Hall–Kier alpha value is -2.46. The van der Waals surface area contributed by atoms with Crippen LogP contribution in [0.4, 0.5) is 0 Å². The fourth-order valence-corrected chi connectivity index (χ4v) is 3.19. The van der Waals surface area contributed by atoms with Gasteiger partial charge in [0.2, 0.25) is 5.88 Å². The van der Waals surface area contributed by atoms with E-state index in [1.54, 1.807) is 0 Å². The van der Waals surface area contributed by atoms with Gasteiger partial charge in [0.1, 0.15) is 6.61 Å². The molecular weight excluding hydrogens is 406 g/mol. The van der Waals surface area contributed by atoms with Crippen LogP contribution in [-0.4, -0.2) is 73.4 Å². The molecule has 30 heavy (non-hydrogen) atoms. The van der Waals surface area contributed by atoms with Crippen LogP contribution in [0.3, 0.4) is 0 Å². The molecule has 1 fully saturated rings. The molecule has 0 aliphatic carbocycles. The first-order valence-corrected chi connectivity index (χ1v) is 11.6. The Morgan fingerprint density at radius 3 is 2.47 bits per heavy atom. The summed E-state index contributed by atoms with van der Waals surface area (Å²) in [7, 11) is -3.67. The predicted molar refractivity (Wildman–Crippen MR) is 116 cm³/mol. The number of benzene rings is 2. The van der Waals surface area contributed by atoms with Gasteiger partial charge in [-0.3, -0.25) is 9.45 Å². The molecule has 0 spiro atoms. The minimum atomic E-state index is -3.67. The lowest BCUT2D eigenvalue weighted by molar-refractivity contribution is 0.0320. The lowest BCUT2D eigenvalue weighted by Crippen LogP contribution is -2.38. The molecule has 2 heterocycles. The van der Waals surface area contributed by atoms with Crippen LogP contribution in [0.2, 0.25) is 0 Å². The molecular formula is C21H27N3O5S. The second-order valence-electron chi connectivity index (χ2n) is 7.10. The van der Waals surface area contributed by atoms with Crippen LogP contribution in [0.5, 0.6) is 5.88 Å². The van der Waals surface area contributed by atoms with Gasteiger partial charge in [-0.1, -0.05) is 30.3 Å². The second kappa shape index (κ2) is 10.0. The number of rotatable bonds is 5. The Balaban J connectivity index is 0.000000461. The Morgan fingerprint density at radius 2 is 1.77 bits per heavy atom. The van der Waals surface area contributed by atoms with E-state index in [-0.39, 0.29) is 0 Å². The molecule has 1 aliphatic heterocycles. The standard InChI is InChI=1S/C20H23N3O2.CH4O3S/c1-16-14-20(25-13-10-22-8-11-24-12-9-22)21-23(16)19-7-6-17-4-2-3-5-18(17)15-19;1-5(2,3)4/h2-7,14-15H,8-13H2,1H3;1H3,(H,2,3,4). The van der Waals surface area contributed by atoms with Crippen molar-refractivity contribution in [2.45, 2.75) is 6.92 Å². The molecule has 4 rings (SSSR count). The first-order chi connectivity index (χ1) is 14.3. The molecule has 1 saturated heterocycles. The number of nitrogens with zero attached hydrogens (tertiary/aromatic N) is 3. The number of morpholine rings is 1. The molecule has 0 bridgehead atoms. The Morgan fingerprint density at radius 1 is 1.10 bits per heavy atom. The number of hydrogen-bond acceptors (Lipinski definition) is 6. The van der Waals surface area contributed by atoms with Gasteiger partial charge in [-0.05, 0) is 29.8 Å². The third-order valence-electron chi connectivity index (χ3n) is 4.60. The molecule has 0 saturated carbocycles. The smallest absolute Gasteiger partial charge is 0.261 e. The summed E-state index contributed by atoms with van der Waals surface area (Å²) in [4.78, 5) is 2.36. The van der Waals surface area contributed by atoms with E-state index in [4.69, 9.17) is 14.0 Å². The number of aryl methyl sites for hydroxylation is 1. The summed E-state index contributed by atoms with van der Waals surface area (Å²) < 4.78 is 39.0. The van der Waals surface area contributed by atoms with Gasteiger partial charge in [0.15, 0.2) is 0 Å². The minimum Gasteiger partial charge on any atom is -0.475 e. The number of ether oxygens (including phenoxy) is 2. The van der Waals surface area contributed by atoms with Gasteiger partial charge in [0.05, 0.1) is 25.2 Å². The predicted octanol–water partition coefficient (Wildman–Crippen LogP) is 2.55. The topological polar surface area (TPSA) is 93.9 Å². The molecule has 0 amide bonds. The first-order valence-electron chi connectivity index (χ1n) is 9.71. The summed E-state index contributed by atoms with van der Waals surface area (Å²) in [6.45, 7) is 7.20. The molecule has 0 unspecified atom stereocenters. The maximum Gasteiger partial charge on any atom is 0.261 e. The minimum absolute atomic E-state index is 0.647. The van der Waals surface area contributed by atoms with Crippen molar-refractivity contribution in [1.82, 2.24) is 14.7 Å². The SMILES string of the molecule is CS(=O)(=O)O.Cc1cc(OCCN2CCOCC2)nn1-c1ccc2ccccc2c1. The van der Waals surface area contributed by atoms with Crippen LogP contribution >= 0.6 is 0 Å². The van der Waals surface area contributed by atoms with Crippen LogP contribution in [0.1, 0.15) is 5.69 Å². The van der Waals surface area contributed by atoms with E-state index in [0.717, 1.165) is 44.2 Å². The van der Waals surface area contributed by atoms with Gasteiger partial charge in [-0.15, -0.1) is 5.10 Å². The first kappa shape index (κ1) is 22.2. The summed E-state index contributed by atoms with van der Waals surface area (Å²) >= 11 is 0. The third-order valence-corrected chi connectivity index (χ3v) is 4.60. The highest BCUT2D eigenvalue weighted by molar-refractivity contribution is 7.85. The van der Waals surface area contributed by atoms with Gasteiger partial charge in [-0.25, -0.2) is 4.68 Å². The molecule has 0 atom stereocenters. The van der Waals surface area contributed by atoms with E-state index in [0.29, 0.717) is 18.7 Å². The molecule has 2 aromatic carbocycles. The fourth-order valence-electron chi connectivity index (χ4n) is 3.19. The van der Waals surface area contributed by atoms with E-state index in [9.17, 15) is 8.42 Å². The molecule has 8 nitrogen and oxygen atoms in total. The molecule has 9 heteroatoms. The molecule has 1 aliphatic rings. The lowest BCUT2D eigenvalue weighted by atomic mass is 10.1. The molecule has 162 valence electrons. The van der Waals surface area contributed by atoms with Crippen LogP contribution < -0.4 is 4.74 Å². The van der Waals surface area contributed by atoms with E-state index in [1.807, 2.05) is 10.7 Å². The zero-order valence-corrected chi connectivity index (χ0v) is 18.0. The Bertz CT molecular complexity index is 1070. The second-order valence-corrected chi connectivity index (χ2v) is 8.57. The fraction of sp³-hybridized carbons (Fsp3) is 0.381. The van der Waals surface area contributed by atoms with Crippen molar-refractivity contribution in [3.8, 4) is 11.6 Å². The van der Waals surface area contributed by atoms with Crippen molar-refractivity contribution in [3.63, 3.8) is 0 Å². The monoisotopic (exact) mass is 433 g/mol. The number of aromatic nitrogens is 2. The zero-order valence-electron chi connectivity index (χ0n) is 17.2. The van der Waals surface area contributed by atoms with E-state index in [1.165, 1.54) is 10.8 Å². The summed E-state index contributed by atoms with van der Waals surface area (Å²) in [5, 5.41) is 7.07. The van der Waals surface area contributed by atoms with E-state index < -0.39 is 10.1 Å². The molecule has 3 aromatic rings. The lowest BCUT2D eigenvalue weighted by Gasteiger charge is -2.26. The van der Waals surface area contributed by atoms with Crippen LogP contribution in [0.15, 0.2) is 48.5 Å². The maximum atomic E-state index is 9.19. The Labute approximate surface area is 176 Å². The summed E-state index contributed by atoms with van der Waals surface area (Å²) in [6.07, 6.45) is 0.715. The van der Waals surface area contributed by atoms with Crippen molar-refractivity contribution in [2.24, 2.45) is 0 Å². The quantitative estimate of drug-likeness (QED) is 0.618. The zero-order chi connectivity index (χ0) is 21.6. The van der Waals surface area contributed by atoms with Crippen LogP contribution in [-0.2, 0) is 14.9 Å². The maximum absolute atomic E-state index is 9.19. The van der Waals surface area contributed by atoms with Gasteiger partial charge in [-0.2, -0.15) is 8.42 Å².